The molecule has 0 saturated heterocycles. The van der Waals surface area contributed by atoms with Gasteiger partial charge in [0.2, 0.25) is 15.2 Å². The van der Waals surface area contributed by atoms with E-state index in [1.54, 1.807) is 0 Å². The number of hydrogen-bond donors (Lipinski definition) is 2. The Hall–Kier alpha value is -1.16. The molecule has 0 aliphatic rings. The standard InChI is InChI=1S/C14H20N4O2S3/c1-10-6-4-7-12(11(10)2)16-13-17-18-14(22-13)21-8-5-9-23(19,20)15-3/h4,6-7,15H,5,8-9H2,1-3H3,(H,16,17). The van der Waals surface area contributed by atoms with Crippen molar-refractivity contribution in [2.75, 3.05) is 23.9 Å². The number of nitrogens with zero attached hydrogens (tertiary/aromatic N) is 2. The molecule has 0 aliphatic carbocycles. The van der Waals surface area contributed by atoms with Crippen molar-refractivity contribution in [1.82, 2.24) is 14.9 Å². The number of benzene rings is 1. The first kappa shape index (κ1) is 18.2. The van der Waals surface area contributed by atoms with Crippen molar-refractivity contribution < 1.29 is 8.42 Å². The fraction of sp³-hybridized carbons (Fsp3) is 0.429. The zero-order valence-corrected chi connectivity index (χ0v) is 15.7. The Bertz CT molecular complexity index is 759. The number of nitrogens with one attached hydrogen (secondary N) is 2. The number of hydrogen-bond acceptors (Lipinski definition) is 7. The van der Waals surface area contributed by atoms with E-state index in [0.717, 1.165) is 15.2 Å². The van der Waals surface area contributed by atoms with E-state index in [2.05, 4.69) is 40.2 Å². The van der Waals surface area contributed by atoms with Crippen LogP contribution >= 0.6 is 23.1 Å². The lowest BCUT2D eigenvalue weighted by Gasteiger charge is -2.08. The summed E-state index contributed by atoms with van der Waals surface area (Å²) in [7, 11) is -1.70. The summed E-state index contributed by atoms with van der Waals surface area (Å²) in [5, 5.41) is 12.3. The first-order chi connectivity index (χ1) is 10.9. The van der Waals surface area contributed by atoms with E-state index in [4.69, 9.17) is 0 Å². The second-order valence-electron chi connectivity index (χ2n) is 4.97. The normalized spacial score (nSPS) is 11.6. The Morgan fingerprint density at radius 3 is 2.78 bits per heavy atom. The van der Waals surface area contributed by atoms with Crippen LogP contribution < -0.4 is 10.0 Å². The van der Waals surface area contributed by atoms with E-state index in [1.807, 2.05) is 12.1 Å². The molecular formula is C14H20N4O2S3. The fourth-order valence-electron chi connectivity index (χ4n) is 1.83. The molecule has 0 saturated carbocycles. The molecule has 2 rings (SSSR count). The van der Waals surface area contributed by atoms with Crippen molar-refractivity contribution in [2.45, 2.75) is 24.6 Å². The third-order valence-electron chi connectivity index (χ3n) is 3.35. The van der Waals surface area contributed by atoms with E-state index in [9.17, 15) is 8.42 Å². The second kappa shape index (κ2) is 8.09. The molecule has 0 bridgehead atoms. The first-order valence-corrected chi connectivity index (χ1v) is 10.6. The van der Waals surface area contributed by atoms with Crippen molar-refractivity contribution in [3.05, 3.63) is 29.3 Å². The highest BCUT2D eigenvalue weighted by molar-refractivity contribution is 8.01. The van der Waals surface area contributed by atoms with Gasteiger partial charge in [-0.2, -0.15) is 0 Å². The molecule has 0 amide bonds. The smallest absolute Gasteiger partial charge is 0.211 e. The molecule has 0 fully saturated rings. The highest BCUT2D eigenvalue weighted by Gasteiger charge is 2.09. The maximum Gasteiger partial charge on any atom is 0.211 e. The number of rotatable bonds is 8. The SMILES string of the molecule is CNS(=O)(=O)CCCSc1nnc(Nc2cccc(C)c2C)s1. The van der Waals surface area contributed by atoms with Crippen molar-refractivity contribution >= 4 is 43.9 Å². The minimum atomic E-state index is -3.13. The molecule has 0 radical (unpaired) electrons. The van der Waals surface area contributed by atoms with Crippen LogP contribution in [0.1, 0.15) is 17.5 Å². The van der Waals surface area contributed by atoms with Crippen LogP contribution in [0.25, 0.3) is 0 Å². The molecule has 0 unspecified atom stereocenters. The molecule has 6 nitrogen and oxygen atoms in total. The van der Waals surface area contributed by atoms with Crippen LogP contribution in [0.4, 0.5) is 10.8 Å². The van der Waals surface area contributed by atoms with Crippen LogP contribution in [0.5, 0.6) is 0 Å². The summed E-state index contributed by atoms with van der Waals surface area (Å²) in [5.41, 5.74) is 3.44. The molecule has 126 valence electrons. The van der Waals surface area contributed by atoms with Crippen LogP contribution in [0.2, 0.25) is 0 Å². The lowest BCUT2D eigenvalue weighted by atomic mass is 10.1. The molecular weight excluding hydrogens is 352 g/mol. The van der Waals surface area contributed by atoms with Gasteiger partial charge in [-0.3, -0.25) is 0 Å². The predicted molar refractivity (Wildman–Crippen MR) is 97.3 cm³/mol. The third-order valence-corrected chi connectivity index (χ3v) is 6.85. The Morgan fingerprint density at radius 2 is 2.04 bits per heavy atom. The molecule has 2 aromatic rings. The number of aromatic nitrogens is 2. The van der Waals surface area contributed by atoms with Crippen molar-refractivity contribution in [3.8, 4) is 0 Å². The van der Waals surface area contributed by atoms with Gasteiger partial charge < -0.3 is 5.32 Å². The third kappa shape index (κ3) is 5.45. The summed E-state index contributed by atoms with van der Waals surface area (Å²) in [6.07, 6.45) is 0.577. The van der Waals surface area contributed by atoms with Gasteiger partial charge in [0.25, 0.3) is 0 Å². The summed E-state index contributed by atoms with van der Waals surface area (Å²) < 4.78 is 25.8. The molecule has 0 spiro atoms. The summed E-state index contributed by atoms with van der Waals surface area (Å²) in [6, 6.07) is 6.09. The first-order valence-electron chi connectivity index (χ1n) is 7.12. The maximum absolute atomic E-state index is 11.3. The Balaban J connectivity index is 1.87. The van der Waals surface area contributed by atoms with Gasteiger partial charge in [-0.1, -0.05) is 35.2 Å². The van der Waals surface area contributed by atoms with Gasteiger partial charge in [0.1, 0.15) is 0 Å². The van der Waals surface area contributed by atoms with Crippen LogP contribution in [0, 0.1) is 13.8 Å². The fourth-order valence-corrected chi connectivity index (χ4v) is 4.52. The van der Waals surface area contributed by atoms with Gasteiger partial charge in [0.15, 0.2) is 4.34 Å². The minimum absolute atomic E-state index is 0.128. The van der Waals surface area contributed by atoms with E-state index in [0.29, 0.717) is 12.2 Å². The highest BCUT2D eigenvalue weighted by Crippen LogP contribution is 2.29. The van der Waals surface area contributed by atoms with E-state index >= 15 is 0 Å². The molecule has 23 heavy (non-hydrogen) atoms. The topological polar surface area (TPSA) is 84.0 Å². The zero-order valence-electron chi connectivity index (χ0n) is 13.3. The second-order valence-corrected chi connectivity index (χ2v) is 9.34. The van der Waals surface area contributed by atoms with Crippen molar-refractivity contribution in [2.24, 2.45) is 0 Å². The molecule has 9 heteroatoms. The van der Waals surface area contributed by atoms with Crippen molar-refractivity contribution in [3.63, 3.8) is 0 Å². The molecule has 0 aliphatic heterocycles. The van der Waals surface area contributed by atoms with Gasteiger partial charge in [-0.25, -0.2) is 13.1 Å². The average Bonchev–Trinajstić information content (AvgIpc) is 2.96. The zero-order chi connectivity index (χ0) is 16.9. The molecule has 0 atom stereocenters. The monoisotopic (exact) mass is 372 g/mol. The van der Waals surface area contributed by atoms with Crippen LogP contribution in [-0.4, -0.2) is 37.2 Å². The predicted octanol–water partition coefficient (Wildman–Crippen LogP) is 2.93. The summed E-state index contributed by atoms with van der Waals surface area (Å²) >= 11 is 2.99. The van der Waals surface area contributed by atoms with Gasteiger partial charge in [-0.15, -0.1) is 10.2 Å². The van der Waals surface area contributed by atoms with E-state index < -0.39 is 10.0 Å². The quantitative estimate of drug-likeness (QED) is 0.547. The van der Waals surface area contributed by atoms with Crippen LogP contribution in [-0.2, 0) is 10.0 Å². The lowest BCUT2D eigenvalue weighted by Crippen LogP contribution is -2.22. The Morgan fingerprint density at radius 1 is 1.26 bits per heavy atom. The maximum atomic E-state index is 11.3. The number of thioether (sulfide) groups is 1. The van der Waals surface area contributed by atoms with E-state index in [1.165, 1.54) is 41.3 Å². The van der Waals surface area contributed by atoms with Crippen LogP contribution in [0.3, 0.4) is 0 Å². The van der Waals surface area contributed by atoms with Gasteiger partial charge in [0, 0.05) is 11.4 Å². The van der Waals surface area contributed by atoms with Gasteiger partial charge >= 0.3 is 0 Å². The molecule has 2 N–H and O–H groups in total. The van der Waals surface area contributed by atoms with Crippen LogP contribution in [0.15, 0.2) is 22.5 Å². The molecule has 1 aromatic heterocycles. The van der Waals surface area contributed by atoms with Crippen molar-refractivity contribution in [1.29, 1.82) is 0 Å². The highest BCUT2D eigenvalue weighted by atomic mass is 32.2. The van der Waals surface area contributed by atoms with E-state index in [-0.39, 0.29) is 5.75 Å². The van der Waals surface area contributed by atoms with Gasteiger partial charge in [-0.05, 0) is 44.5 Å². The lowest BCUT2D eigenvalue weighted by molar-refractivity contribution is 0.587. The molecule has 1 heterocycles. The number of anilines is 2. The largest absolute Gasteiger partial charge is 0.330 e. The summed E-state index contributed by atoms with van der Waals surface area (Å²) in [6.45, 7) is 4.14. The molecule has 1 aromatic carbocycles. The van der Waals surface area contributed by atoms with Gasteiger partial charge in [0.05, 0.1) is 5.75 Å². The number of aryl methyl sites for hydroxylation is 1. The minimum Gasteiger partial charge on any atom is -0.330 e. The Kier molecular flexibility index (Phi) is 6.40. The summed E-state index contributed by atoms with van der Waals surface area (Å²) in [4.78, 5) is 0. The summed E-state index contributed by atoms with van der Waals surface area (Å²) in [5.74, 6) is 0.821. The number of sulfonamides is 1. The average molecular weight is 373 g/mol. The Labute approximate surface area is 145 Å².